The number of esters is 1. The van der Waals surface area contributed by atoms with Gasteiger partial charge in [-0.2, -0.15) is 8.78 Å². The van der Waals surface area contributed by atoms with Crippen LogP contribution in [-0.2, 0) is 16.0 Å². The zero-order valence-corrected chi connectivity index (χ0v) is 14.6. The van der Waals surface area contributed by atoms with Gasteiger partial charge in [0, 0.05) is 6.54 Å². The van der Waals surface area contributed by atoms with E-state index in [2.05, 4.69) is 10.1 Å². The van der Waals surface area contributed by atoms with Gasteiger partial charge in [0.05, 0.1) is 0 Å². The van der Waals surface area contributed by atoms with Crippen molar-refractivity contribution in [3.05, 3.63) is 59.2 Å². The number of alkyl halides is 2. The van der Waals surface area contributed by atoms with Crippen LogP contribution in [0, 0.1) is 6.92 Å². The minimum Gasteiger partial charge on any atom is -0.507 e. The maximum atomic E-state index is 12.1. The Labute approximate surface area is 154 Å². The van der Waals surface area contributed by atoms with E-state index in [9.17, 15) is 23.5 Å². The summed E-state index contributed by atoms with van der Waals surface area (Å²) in [5.74, 6) is -1.44. The molecule has 0 heterocycles. The van der Waals surface area contributed by atoms with Crippen LogP contribution in [0.3, 0.4) is 0 Å². The van der Waals surface area contributed by atoms with E-state index in [-0.39, 0.29) is 23.6 Å². The zero-order valence-electron chi connectivity index (χ0n) is 14.6. The molecule has 0 fully saturated rings. The Morgan fingerprint density at radius 3 is 2.48 bits per heavy atom. The van der Waals surface area contributed by atoms with Crippen molar-refractivity contribution in [2.45, 2.75) is 20.0 Å². The van der Waals surface area contributed by atoms with Crippen LogP contribution in [0.2, 0.25) is 0 Å². The molecule has 0 saturated carbocycles. The van der Waals surface area contributed by atoms with Crippen molar-refractivity contribution in [2.75, 3.05) is 13.2 Å². The first-order valence-corrected chi connectivity index (χ1v) is 8.12. The Bertz CT molecular complexity index is 793. The molecule has 0 aliphatic heterocycles. The largest absolute Gasteiger partial charge is 0.507 e. The minimum atomic E-state index is -2.88. The summed E-state index contributed by atoms with van der Waals surface area (Å²) in [5.41, 5.74) is 1.59. The van der Waals surface area contributed by atoms with Crippen LogP contribution in [0.5, 0.6) is 11.5 Å². The molecule has 0 radical (unpaired) electrons. The maximum Gasteiger partial charge on any atom is 0.387 e. The molecule has 0 aliphatic carbocycles. The van der Waals surface area contributed by atoms with Crippen molar-refractivity contribution in [1.82, 2.24) is 5.32 Å². The number of carbonyl (C=O) groups is 2. The molecule has 0 unspecified atom stereocenters. The van der Waals surface area contributed by atoms with E-state index >= 15 is 0 Å². The third kappa shape index (κ3) is 6.58. The van der Waals surface area contributed by atoms with Crippen molar-refractivity contribution < 1.29 is 33.0 Å². The zero-order chi connectivity index (χ0) is 19.8. The van der Waals surface area contributed by atoms with Gasteiger partial charge in [0.25, 0.3) is 5.91 Å². The highest BCUT2D eigenvalue weighted by molar-refractivity contribution is 5.93. The lowest BCUT2D eigenvalue weighted by atomic mass is 10.1. The number of phenols is 1. The number of amides is 1. The van der Waals surface area contributed by atoms with Gasteiger partial charge in [-0.05, 0) is 48.7 Å². The molecule has 0 bridgehead atoms. The Balaban J connectivity index is 1.72. The number of halogens is 2. The maximum absolute atomic E-state index is 12.1. The van der Waals surface area contributed by atoms with E-state index in [4.69, 9.17) is 4.74 Å². The fourth-order valence-electron chi connectivity index (χ4n) is 2.26. The summed E-state index contributed by atoms with van der Waals surface area (Å²) >= 11 is 0. The molecule has 8 heteroatoms. The second-order valence-corrected chi connectivity index (χ2v) is 5.72. The second kappa shape index (κ2) is 9.51. The lowest BCUT2D eigenvalue weighted by molar-refractivity contribution is -0.124. The predicted octanol–water partition coefficient (Wildman–Crippen LogP) is 2.82. The summed E-state index contributed by atoms with van der Waals surface area (Å²) in [5, 5.41) is 12.3. The third-order valence-corrected chi connectivity index (χ3v) is 3.59. The van der Waals surface area contributed by atoms with E-state index in [1.54, 1.807) is 25.1 Å². The molecule has 0 spiro atoms. The fraction of sp³-hybridized carbons (Fsp3) is 0.263. The number of ether oxygens (including phenoxy) is 2. The number of benzene rings is 2. The van der Waals surface area contributed by atoms with Crippen molar-refractivity contribution in [1.29, 1.82) is 0 Å². The van der Waals surface area contributed by atoms with Crippen LogP contribution in [0.25, 0.3) is 0 Å². The van der Waals surface area contributed by atoms with Gasteiger partial charge in [-0.25, -0.2) is 4.79 Å². The fourth-order valence-corrected chi connectivity index (χ4v) is 2.26. The normalized spacial score (nSPS) is 10.5. The first-order chi connectivity index (χ1) is 12.8. The molecule has 0 aliphatic rings. The molecule has 2 rings (SSSR count). The van der Waals surface area contributed by atoms with E-state index in [0.717, 1.165) is 11.1 Å². The molecule has 144 valence electrons. The number of hydrogen-bond donors (Lipinski definition) is 2. The number of aryl methyl sites for hydroxylation is 1. The average molecular weight is 379 g/mol. The van der Waals surface area contributed by atoms with Crippen molar-refractivity contribution >= 4 is 11.9 Å². The van der Waals surface area contributed by atoms with E-state index in [1.807, 2.05) is 0 Å². The van der Waals surface area contributed by atoms with Crippen molar-refractivity contribution in [2.24, 2.45) is 0 Å². The van der Waals surface area contributed by atoms with Gasteiger partial charge in [-0.15, -0.1) is 0 Å². The Kier molecular flexibility index (Phi) is 7.10. The molecule has 0 atom stereocenters. The third-order valence-electron chi connectivity index (χ3n) is 3.59. The number of rotatable bonds is 8. The van der Waals surface area contributed by atoms with Crippen LogP contribution >= 0.6 is 0 Å². The number of nitrogens with one attached hydrogen (secondary N) is 1. The molecule has 0 saturated heterocycles. The molecular formula is C19H19F2NO5. The molecule has 0 aromatic heterocycles. The molecule has 27 heavy (non-hydrogen) atoms. The molecule has 2 N–H and O–H groups in total. The number of carbonyl (C=O) groups excluding carboxylic acids is 2. The van der Waals surface area contributed by atoms with Crippen LogP contribution < -0.4 is 10.1 Å². The SMILES string of the molecule is Cc1ccc(C(=O)OCC(=O)NCCc2ccc(OC(F)F)cc2)c(O)c1. The number of aromatic hydroxyl groups is 1. The van der Waals surface area contributed by atoms with Gasteiger partial charge in [0.1, 0.15) is 17.1 Å². The summed E-state index contributed by atoms with van der Waals surface area (Å²) in [6.45, 7) is -1.31. The van der Waals surface area contributed by atoms with Gasteiger partial charge < -0.3 is 19.9 Å². The monoisotopic (exact) mass is 379 g/mol. The summed E-state index contributed by atoms with van der Waals surface area (Å²) in [6.07, 6.45) is 0.466. The predicted molar refractivity (Wildman–Crippen MR) is 92.9 cm³/mol. The highest BCUT2D eigenvalue weighted by Gasteiger charge is 2.14. The van der Waals surface area contributed by atoms with Crippen molar-refractivity contribution in [3.63, 3.8) is 0 Å². The molecule has 2 aromatic rings. The quantitative estimate of drug-likeness (QED) is 0.689. The highest BCUT2D eigenvalue weighted by Crippen LogP contribution is 2.19. The van der Waals surface area contributed by atoms with Crippen LogP contribution in [0.1, 0.15) is 21.5 Å². The lowest BCUT2D eigenvalue weighted by Crippen LogP contribution is -2.30. The molecule has 1 amide bonds. The smallest absolute Gasteiger partial charge is 0.387 e. The topological polar surface area (TPSA) is 84.9 Å². The van der Waals surface area contributed by atoms with Gasteiger partial charge in [0.15, 0.2) is 6.61 Å². The van der Waals surface area contributed by atoms with Gasteiger partial charge in [-0.1, -0.05) is 18.2 Å². The molecule has 2 aromatic carbocycles. The summed E-state index contributed by atoms with van der Waals surface area (Å²) < 4.78 is 33.3. The van der Waals surface area contributed by atoms with Crippen LogP contribution in [0.15, 0.2) is 42.5 Å². The van der Waals surface area contributed by atoms with Gasteiger partial charge in [-0.3, -0.25) is 4.79 Å². The first kappa shape index (κ1) is 20.2. The summed E-state index contributed by atoms with van der Waals surface area (Å²) in [4.78, 5) is 23.6. The standard InChI is InChI=1S/C19H19F2NO5/c1-12-2-7-15(16(23)10-12)18(25)26-11-17(24)22-9-8-13-3-5-14(6-4-13)27-19(20)21/h2-7,10,19,23H,8-9,11H2,1H3,(H,22,24). The van der Waals surface area contributed by atoms with E-state index in [0.29, 0.717) is 6.42 Å². The summed E-state index contributed by atoms with van der Waals surface area (Å²) in [7, 11) is 0. The van der Waals surface area contributed by atoms with Gasteiger partial charge in [0.2, 0.25) is 0 Å². The average Bonchev–Trinajstić information content (AvgIpc) is 2.61. The number of hydrogen-bond acceptors (Lipinski definition) is 5. The van der Waals surface area contributed by atoms with E-state index in [1.165, 1.54) is 24.3 Å². The molecular weight excluding hydrogens is 360 g/mol. The van der Waals surface area contributed by atoms with Crippen molar-refractivity contribution in [3.8, 4) is 11.5 Å². The number of phenolic OH excluding ortho intramolecular Hbond substituents is 1. The van der Waals surface area contributed by atoms with Gasteiger partial charge >= 0.3 is 12.6 Å². The first-order valence-electron chi connectivity index (χ1n) is 8.12. The Morgan fingerprint density at radius 2 is 1.85 bits per heavy atom. The second-order valence-electron chi connectivity index (χ2n) is 5.72. The minimum absolute atomic E-state index is 0.0143. The Morgan fingerprint density at radius 1 is 1.15 bits per heavy atom. The lowest BCUT2D eigenvalue weighted by Gasteiger charge is -2.09. The van der Waals surface area contributed by atoms with E-state index < -0.39 is 25.1 Å². The van der Waals surface area contributed by atoms with Crippen LogP contribution in [0.4, 0.5) is 8.78 Å². The molecule has 6 nitrogen and oxygen atoms in total. The van der Waals surface area contributed by atoms with Crippen LogP contribution in [-0.4, -0.2) is 36.7 Å². The highest BCUT2D eigenvalue weighted by atomic mass is 19.3. The summed E-state index contributed by atoms with van der Waals surface area (Å²) in [6, 6.07) is 10.6. The Hall–Kier alpha value is -3.16.